The van der Waals surface area contributed by atoms with Gasteiger partial charge >= 0.3 is 11.9 Å². The second kappa shape index (κ2) is 13.6. The Morgan fingerprint density at radius 2 is 1.06 bits per heavy atom. The van der Waals surface area contributed by atoms with E-state index >= 15 is 0 Å². The molecule has 18 heavy (non-hydrogen) atoms. The number of carbonyl (C=O) groups is 2. The smallest absolute Gasteiger partial charge is 0.328 e. The molecule has 0 bridgehead atoms. The second-order valence-electron chi connectivity index (χ2n) is 3.02. The van der Waals surface area contributed by atoms with Crippen molar-refractivity contribution in [3.63, 3.8) is 0 Å². The number of nitrogens with zero attached hydrogens (tertiary/aromatic N) is 1. The summed E-state index contributed by atoms with van der Waals surface area (Å²) in [5.74, 6) is -2.51. The summed E-state index contributed by atoms with van der Waals surface area (Å²) in [6.07, 6.45) is 1.12. The largest absolute Gasteiger partial charge is 0.478 e. The molecule has 5 N–H and O–H groups in total. The average Bonchev–Trinajstić information content (AvgIpc) is 2.28. The molecule has 8 heteroatoms. The van der Waals surface area contributed by atoms with Gasteiger partial charge < -0.3 is 25.5 Å². The van der Waals surface area contributed by atoms with Gasteiger partial charge in [-0.3, -0.25) is 4.90 Å². The Labute approximate surface area is 104 Å². The number of aliphatic hydroxyl groups excluding tert-OH is 3. The summed E-state index contributed by atoms with van der Waals surface area (Å²) in [6, 6.07) is 0. The maximum absolute atomic E-state index is 9.55. The monoisotopic (exact) mass is 265 g/mol. The average molecular weight is 265 g/mol. The lowest BCUT2D eigenvalue weighted by atomic mass is 10.4. The molecule has 0 saturated carbocycles. The predicted octanol–water partition coefficient (Wildman–Crippen LogP) is -2.02. The molecule has 0 amide bonds. The van der Waals surface area contributed by atoms with Crippen LogP contribution < -0.4 is 0 Å². The van der Waals surface area contributed by atoms with Gasteiger partial charge in [0, 0.05) is 31.8 Å². The van der Waals surface area contributed by atoms with Crippen LogP contribution in [0.5, 0.6) is 0 Å². The molecular formula is C10H19NO7. The molecule has 0 aromatic heterocycles. The molecule has 106 valence electrons. The molecule has 0 aliphatic heterocycles. The molecule has 0 aliphatic carbocycles. The number of hydrogen-bond donors (Lipinski definition) is 5. The van der Waals surface area contributed by atoms with Crippen molar-refractivity contribution in [2.75, 3.05) is 39.5 Å². The fourth-order valence-electron chi connectivity index (χ4n) is 0.902. The van der Waals surface area contributed by atoms with E-state index in [2.05, 4.69) is 0 Å². The van der Waals surface area contributed by atoms with Crippen LogP contribution in [0, 0.1) is 0 Å². The molecule has 0 aliphatic rings. The van der Waals surface area contributed by atoms with Crippen LogP contribution in [0.25, 0.3) is 0 Å². The minimum Gasteiger partial charge on any atom is -0.478 e. The Bertz CT molecular complexity index is 224. The fraction of sp³-hybridized carbons (Fsp3) is 0.600. The van der Waals surface area contributed by atoms with Crippen molar-refractivity contribution >= 4 is 11.9 Å². The Morgan fingerprint density at radius 3 is 1.22 bits per heavy atom. The van der Waals surface area contributed by atoms with Gasteiger partial charge in [0.25, 0.3) is 0 Å². The van der Waals surface area contributed by atoms with Gasteiger partial charge in [-0.2, -0.15) is 0 Å². The molecular weight excluding hydrogens is 246 g/mol. The van der Waals surface area contributed by atoms with E-state index in [1.165, 1.54) is 0 Å². The predicted molar refractivity (Wildman–Crippen MR) is 62.1 cm³/mol. The molecule has 0 atom stereocenters. The van der Waals surface area contributed by atoms with Gasteiger partial charge in [0.2, 0.25) is 0 Å². The normalized spacial score (nSPS) is 10.2. The quantitative estimate of drug-likeness (QED) is 0.317. The van der Waals surface area contributed by atoms with E-state index < -0.39 is 11.9 Å². The topological polar surface area (TPSA) is 139 Å². The van der Waals surface area contributed by atoms with E-state index in [1.807, 2.05) is 0 Å². The third kappa shape index (κ3) is 16.9. The Kier molecular flexibility index (Phi) is 14.2. The zero-order valence-corrected chi connectivity index (χ0v) is 9.90. The summed E-state index contributed by atoms with van der Waals surface area (Å²) in [4.78, 5) is 20.9. The Balaban J connectivity index is 0. The van der Waals surface area contributed by atoms with E-state index in [9.17, 15) is 9.59 Å². The first kappa shape index (κ1) is 18.9. The van der Waals surface area contributed by atoms with Crippen molar-refractivity contribution in [2.45, 2.75) is 0 Å². The van der Waals surface area contributed by atoms with E-state index in [4.69, 9.17) is 25.5 Å². The molecule has 0 spiro atoms. The number of carboxylic acid groups (broad SMARTS) is 2. The third-order valence-corrected chi connectivity index (χ3v) is 1.62. The highest BCUT2D eigenvalue weighted by atomic mass is 16.4. The highest BCUT2D eigenvalue weighted by Gasteiger charge is 2.00. The molecule has 0 radical (unpaired) electrons. The summed E-state index contributed by atoms with van der Waals surface area (Å²) in [5, 5.41) is 41.1. The zero-order valence-electron chi connectivity index (χ0n) is 9.90. The van der Waals surface area contributed by atoms with Crippen molar-refractivity contribution in [2.24, 2.45) is 0 Å². The lowest BCUT2D eigenvalue weighted by Crippen LogP contribution is -2.32. The van der Waals surface area contributed by atoms with Crippen molar-refractivity contribution in [1.29, 1.82) is 0 Å². The zero-order chi connectivity index (χ0) is 14.4. The van der Waals surface area contributed by atoms with Crippen molar-refractivity contribution in [1.82, 2.24) is 4.90 Å². The number of aliphatic carboxylic acids is 2. The minimum atomic E-state index is -1.26. The number of hydrogen-bond acceptors (Lipinski definition) is 6. The van der Waals surface area contributed by atoms with Crippen LogP contribution >= 0.6 is 0 Å². The van der Waals surface area contributed by atoms with Gasteiger partial charge in [0.15, 0.2) is 0 Å². The second-order valence-corrected chi connectivity index (χ2v) is 3.02. The van der Waals surface area contributed by atoms with Crippen LogP contribution in [-0.2, 0) is 9.59 Å². The van der Waals surface area contributed by atoms with E-state index in [-0.39, 0.29) is 19.8 Å². The molecule has 0 fully saturated rings. The Hall–Kier alpha value is -1.48. The van der Waals surface area contributed by atoms with Gasteiger partial charge in [0.05, 0.1) is 19.8 Å². The Morgan fingerprint density at radius 1 is 0.778 bits per heavy atom. The number of carboxylic acids is 2. The van der Waals surface area contributed by atoms with Crippen LogP contribution in [0.2, 0.25) is 0 Å². The van der Waals surface area contributed by atoms with Crippen LogP contribution in [0.3, 0.4) is 0 Å². The first-order chi connectivity index (χ1) is 8.47. The molecule has 0 unspecified atom stereocenters. The van der Waals surface area contributed by atoms with Crippen LogP contribution in [0.4, 0.5) is 0 Å². The highest BCUT2D eigenvalue weighted by Crippen LogP contribution is 1.84. The van der Waals surface area contributed by atoms with E-state index in [0.29, 0.717) is 31.8 Å². The van der Waals surface area contributed by atoms with Gasteiger partial charge in [-0.15, -0.1) is 0 Å². The summed E-state index contributed by atoms with van der Waals surface area (Å²) >= 11 is 0. The van der Waals surface area contributed by atoms with Crippen LogP contribution in [0.15, 0.2) is 12.2 Å². The van der Waals surface area contributed by atoms with Gasteiger partial charge in [0.1, 0.15) is 0 Å². The molecule has 0 saturated heterocycles. The maximum atomic E-state index is 9.55. The molecule has 0 rings (SSSR count). The fourth-order valence-corrected chi connectivity index (χ4v) is 0.902. The first-order valence-corrected chi connectivity index (χ1v) is 5.16. The SMILES string of the molecule is O=C(O)C=CC(=O)O.OCCN(CCO)CCO. The summed E-state index contributed by atoms with van der Waals surface area (Å²) in [5.41, 5.74) is 0. The first-order valence-electron chi connectivity index (χ1n) is 5.16. The van der Waals surface area contributed by atoms with E-state index in [0.717, 1.165) is 0 Å². The van der Waals surface area contributed by atoms with Crippen molar-refractivity contribution in [3.05, 3.63) is 12.2 Å². The lowest BCUT2D eigenvalue weighted by molar-refractivity contribution is -0.134. The maximum Gasteiger partial charge on any atom is 0.328 e. The van der Waals surface area contributed by atoms with Gasteiger partial charge in [-0.05, 0) is 0 Å². The van der Waals surface area contributed by atoms with Gasteiger partial charge in [-0.25, -0.2) is 9.59 Å². The highest BCUT2D eigenvalue weighted by molar-refractivity contribution is 5.89. The summed E-state index contributed by atoms with van der Waals surface area (Å²) in [6.45, 7) is 1.75. The van der Waals surface area contributed by atoms with Crippen molar-refractivity contribution in [3.8, 4) is 0 Å². The lowest BCUT2D eigenvalue weighted by Gasteiger charge is -2.17. The molecule has 0 aromatic carbocycles. The summed E-state index contributed by atoms with van der Waals surface area (Å²) in [7, 11) is 0. The standard InChI is InChI=1S/C6H15NO3.C4H4O4/c8-4-1-7(2-5-9)3-6-10;5-3(6)1-2-4(7)8/h8-10H,1-6H2;1-2H,(H,5,6)(H,7,8). The van der Waals surface area contributed by atoms with Crippen LogP contribution in [-0.4, -0.2) is 81.8 Å². The van der Waals surface area contributed by atoms with Crippen molar-refractivity contribution < 1.29 is 35.1 Å². The minimum absolute atomic E-state index is 0.0694. The number of aliphatic hydroxyl groups is 3. The molecule has 0 heterocycles. The van der Waals surface area contributed by atoms with Gasteiger partial charge in [-0.1, -0.05) is 0 Å². The third-order valence-electron chi connectivity index (χ3n) is 1.62. The van der Waals surface area contributed by atoms with Crippen LogP contribution in [0.1, 0.15) is 0 Å². The summed E-state index contributed by atoms with van der Waals surface area (Å²) < 4.78 is 0. The number of rotatable bonds is 8. The van der Waals surface area contributed by atoms with E-state index in [1.54, 1.807) is 4.90 Å². The molecule has 8 nitrogen and oxygen atoms in total. The molecule has 0 aromatic rings.